The van der Waals surface area contributed by atoms with Crippen LogP contribution in [0.4, 0.5) is 19.0 Å². The maximum atomic E-state index is 13.5. The summed E-state index contributed by atoms with van der Waals surface area (Å²) < 4.78 is 42.3. The average Bonchev–Trinajstić information content (AvgIpc) is 3.28. The van der Waals surface area contributed by atoms with Gasteiger partial charge in [-0.2, -0.15) is 13.2 Å². The summed E-state index contributed by atoms with van der Waals surface area (Å²) in [6, 6.07) is 8.40. The molecule has 0 bridgehead atoms. The molecule has 0 radical (unpaired) electrons. The molecule has 2 aliphatic rings. The summed E-state index contributed by atoms with van der Waals surface area (Å²) in [5, 5.41) is 16.3. The first-order valence-corrected chi connectivity index (χ1v) is 9.54. The highest BCUT2D eigenvalue weighted by molar-refractivity contribution is 5.62. The van der Waals surface area contributed by atoms with Crippen LogP contribution < -0.4 is 10.6 Å². The Kier molecular flexibility index (Phi) is 4.08. The number of aliphatic hydroxyl groups excluding tert-OH is 1. The maximum absolute atomic E-state index is 13.5. The van der Waals surface area contributed by atoms with Crippen molar-refractivity contribution in [2.45, 2.75) is 36.6 Å². The third-order valence-corrected chi connectivity index (χ3v) is 5.88. The van der Waals surface area contributed by atoms with Gasteiger partial charge in [-0.3, -0.25) is 4.40 Å². The van der Waals surface area contributed by atoms with E-state index >= 15 is 0 Å². The number of hydrogen-bond donors (Lipinski definition) is 3. The van der Waals surface area contributed by atoms with E-state index in [1.807, 2.05) is 6.07 Å². The van der Waals surface area contributed by atoms with Gasteiger partial charge in [0.2, 0.25) is 0 Å². The van der Waals surface area contributed by atoms with Crippen LogP contribution >= 0.6 is 0 Å². The Morgan fingerprint density at radius 3 is 2.69 bits per heavy atom. The zero-order chi connectivity index (χ0) is 20.2. The van der Waals surface area contributed by atoms with Crippen LogP contribution in [0.5, 0.6) is 0 Å². The first kappa shape index (κ1) is 18.4. The molecule has 1 aliphatic carbocycles. The number of hydrogen-bond acceptors (Lipinski definition) is 5. The number of halogens is 3. The molecule has 1 aliphatic heterocycles. The highest BCUT2D eigenvalue weighted by atomic mass is 19.4. The molecule has 2 fully saturated rings. The van der Waals surface area contributed by atoms with Crippen molar-refractivity contribution in [2.24, 2.45) is 0 Å². The molecule has 5 rings (SSSR count). The number of fused-ring (bicyclic) bond motifs is 1. The minimum Gasteiger partial charge on any atom is -0.390 e. The normalized spacial score (nSPS) is 23.4. The molecule has 0 spiro atoms. The first-order valence-electron chi connectivity index (χ1n) is 9.54. The number of rotatable bonds is 4. The second kappa shape index (κ2) is 6.43. The van der Waals surface area contributed by atoms with Gasteiger partial charge < -0.3 is 15.7 Å². The van der Waals surface area contributed by atoms with E-state index < -0.39 is 17.7 Å². The van der Waals surface area contributed by atoms with Gasteiger partial charge in [0.05, 0.1) is 35.1 Å². The fourth-order valence-electron chi connectivity index (χ4n) is 3.97. The topological polar surface area (TPSA) is 74.5 Å². The Balaban J connectivity index is 1.51. The van der Waals surface area contributed by atoms with E-state index in [1.54, 1.807) is 28.8 Å². The molecule has 0 amide bonds. The first-order chi connectivity index (χ1) is 13.9. The van der Waals surface area contributed by atoms with E-state index in [2.05, 4.69) is 20.6 Å². The Bertz CT molecular complexity index is 1060. The van der Waals surface area contributed by atoms with E-state index in [0.29, 0.717) is 35.9 Å². The van der Waals surface area contributed by atoms with Gasteiger partial charge in [0.1, 0.15) is 11.5 Å². The summed E-state index contributed by atoms with van der Waals surface area (Å²) in [4.78, 5) is 8.90. The summed E-state index contributed by atoms with van der Waals surface area (Å²) in [7, 11) is 0. The number of aliphatic hydroxyl groups is 1. The minimum atomic E-state index is -4.26. The number of pyridine rings is 2. The van der Waals surface area contributed by atoms with Crippen molar-refractivity contribution in [3.05, 3.63) is 48.3 Å². The van der Waals surface area contributed by atoms with Gasteiger partial charge in [-0.1, -0.05) is 12.1 Å². The summed E-state index contributed by atoms with van der Waals surface area (Å²) in [6.07, 6.45) is -1.40. The molecule has 0 unspecified atom stereocenters. The number of nitrogens with zero attached hydrogens (tertiary/aromatic N) is 3. The lowest BCUT2D eigenvalue weighted by atomic mass is 9.97. The molecule has 4 heterocycles. The van der Waals surface area contributed by atoms with E-state index in [9.17, 15) is 18.3 Å². The molecular weight excluding hydrogens is 383 g/mol. The average molecular weight is 403 g/mol. The van der Waals surface area contributed by atoms with Crippen LogP contribution in [-0.2, 0) is 5.41 Å². The third kappa shape index (κ3) is 3.05. The zero-order valence-electron chi connectivity index (χ0n) is 15.4. The molecule has 1 saturated carbocycles. The Labute approximate surface area is 164 Å². The summed E-state index contributed by atoms with van der Waals surface area (Å²) in [5.41, 5.74) is 0.291. The summed E-state index contributed by atoms with van der Waals surface area (Å²) in [6.45, 7) is 1.15. The van der Waals surface area contributed by atoms with Crippen molar-refractivity contribution < 1.29 is 18.3 Å². The van der Waals surface area contributed by atoms with Crippen molar-refractivity contribution >= 4 is 11.5 Å². The molecule has 3 aromatic heterocycles. The molecule has 3 aromatic rings. The summed E-state index contributed by atoms with van der Waals surface area (Å²) >= 11 is 0. The second-order valence-corrected chi connectivity index (χ2v) is 7.75. The van der Waals surface area contributed by atoms with Gasteiger partial charge in [0.25, 0.3) is 0 Å². The molecule has 6 nitrogen and oxygen atoms in total. The van der Waals surface area contributed by atoms with E-state index in [1.165, 1.54) is 12.3 Å². The predicted molar refractivity (Wildman–Crippen MR) is 102 cm³/mol. The van der Waals surface area contributed by atoms with Crippen LogP contribution in [0.15, 0.2) is 42.7 Å². The lowest BCUT2D eigenvalue weighted by Gasteiger charge is -2.20. The van der Waals surface area contributed by atoms with Gasteiger partial charge in [0, 0.05) is 19.3 Å². The maximum Gasteiger partial charge on any atom is 0.398 e. The zero-order valence-corrected chi connectivity index (χ0v) is 15.4. The lowest BCUT2D eigenvalue weighted by Crippen LogP contribution is -2.32. The number of imidazole rings is 1. The number of aromatic nitrogens is 3. The lowest BCUT2D eigenvalue weighted by molar-refractivity contribution is -0.160. The van der Waals surface area contributed by atoms with Gasteiger partial charge in [-0.05, 0) is 36.6 Å². The molecule has 29 heavy (non-hydrogen) atoms. The Hall–Kier alpha value is -2.65. The molecule has 1 saturated heterocycles. The van der Waals surface area contributed by atoms with Crippen LogP contribution in [0.2, 0.25) is 0 Å². The van der Waals surface area contributed by atoms with E-state index in [4.69, 9.17) is 0 Å². The van der Waals surface area contributed by atoms with Crippen LogP contribution in [0.3, 0.4) is 0 Å². The fourth-order valence-corrected chi connectivity index (χ4v) is 3.97. The number of β-amino-alcohol motifs (C(OH)–C–C–N with tert-alkyl or cyclic N) is 1. The predicted octanol–water partition coefficient (Wildman–Crippen LogP) is 2.73. The molecular formula is C20H20F3N5O. The second-order valence-electron chi connectivity index (χ2n) is 7.75. The largest absolute Gasteiger partial charge is 0.398 e. The third-order valence-electron chi connectivity index (χ3n) is 5.88. The van der Waals surface area contributed by atoms with Crippen LogP contribution in [0.1, 0.15) is 18.4 Å². The molecule has 3 N–H and O–H groups in total. The van der Waals surface area contributed by atoms with Gasteiger partial charge in [-0.25, -0.2) is 9.97 Å². The molecule has 0 aromatic carbocycles. The number of nitrogens with one attached hydrogen (secondary N) is 2. The quantitative estimate of drug-likeness (QED) is 0.625. The van der Waals surface area contributed by atoms with Crippen molar-refractivity contribution in [1.82, 2.24) is 19.7 Å². The van der Waals surface area contributed by atoms with Crippen LogP contribution in [0.25, 0.3) is 17.0 Å². The van der Waals surface area contributed by atoms with E-state index in [0.717, 1.165) is 0 Å². The highest BCUT2D eigenvalue weighted by Crippen LogP contribution is 2.58. The van der Waals surface area contributed by atoms with Gasteiger partial charge >= 0.3 is 6.18 Å². The summed E-state index contributed by atoms with van der Waals surface area (Å²) in [5.74, 6) is 0.593. The minimum absolute atomic E-state index is 0.113. The van der Waals surface area contributed by atoms with Gasteiger partial charge in [0.15, 0.2) is 0 Å². The smallest absolute Gasteiger partial charge is 0.390 e. The van der Waals surface area contributed by atoms with Gasteiger partial charge in [-0.15, -0.1) is 0 Å². The Morgan fingerprint density at radius 1 is 1.17 bits per heavy atom. The monoisotopic (exact) mass is 403 g/mol. The number of alkyl halides is 3. The van der Waals surface area contributed by atoms with Crippen LogP contribution in [0, 0.1) is 0 Å². The molecule has 2 atom stereocenters. The molecule has 152 valence electrons. The van der Waals surface area contributed by atoms with Crippen molar-refractivity contribution in [3.8, 4) is 11.4 Å². The van der Waals surface area contributed by atoms with Crippen LogP contribution in [-0.4, -0.2) is 50.9 Å². The van der Waals surface area contributed by atoms with Crippen molar-refractivity contribution in [2.75, 3.05) is 18.4 Å². The Morgan fingerprint density at radius 2 is 2.00 bits per heavy atom. The SMILES string of the molecule is O[C@H]1CNC[C@@H]1Nc1cccc(-c2cnc3ccc(C4(C(F)(F)F)CC4)cn23)n1. The standard InChI is InChI=1S/C20H20F3N5O/c21-20(22,23)19(6-7-19)12-4-5-18-25-9-15(28(18)11-12)13-2-1-3-17(26-13)27-14-8-24-10-16(14)29/h1-5,9,11,14,16,24,29H,6-8,10H2,(H,26,27)/t14-,16-/m0/s1. The number of anilines is 1. The highest BCUT2D eigenvalue weighted by Gasteiger charge is 2.64. The van der Waals surface area contributed by atoms with Crippen molar-refractivity contribution in [3.63, 3.8) is 0 Å². The fraction of sp³-hybridized carbons (Fsp3) is 0.400. The van der Waals surface area contributed by atoms with E-state index in [-0.39, 0.29) is 24.4 Å². The van der Waals surface area contributed by atoms with Crippen molar-refractivity contribution in [1.29, 1.82) is 0 Å². The molecule has 9 heteroatoms.